The van der Waals surface area contributed by atoms with Crippen LogP contribution in [0, 0.1) is 5.92 Å². The summed E-state index contributed by atoms with van der Waals surface area (Å²) in [6.45, 7) is 2.90. The van der Waals surface area contributed by atoms with Crippen molar-refractivity contribution in [3.63, 3.8) is 0 Å². The number of sulfonamides is 1. The second-order valence-corrected chi connectivity index (χ2v) is 10.7. The van der Waals surface area contributed by atoms with Gasteiger partial charge < -0.3 is 4.90 Å². The number of nitrogens with zero attached hydrogens (tertiary/aromatic N) is 6. The summed E-state index contributed by atoms with van der Waals surface area (Å²) in [5, 5.41) is 10.3. The fourth-order valence-electron chi connectivity index (χ4n) is 5.12. The summed E-state index contributed by atoms with van der Waals surface area (Å²) in [5.74, 6) is 0.410. The SMILES string of the molecule is CC[C@H]1CN(Cc2cnn[nH]2)C(=O)C2CCCC1N2S(=O)(=O)c1ccc(-c2ncccn2)cc1. The van der Waals surface area contributed by atoms with Gasteiger partial charge in [0.15, 0.2) is 5.82 Å². The number of carbonyl (C=O) groups excluding carboxylic acids is 1. The van der Waals surface area contributed by atoms with Gasteiger partial charge in [0.05, 0.1) is 23.3 Å². The number of rotatable bonds is 6. The average molecular weight is 482 g/mol. The van der Waals surface area contributed by atoms with Crippen LogP contribution in [0.3, 0.4) is 0 Å². The Labute approximate surface area is 198 Å². The molecule has 2 unspecified atom stereocenters. The van der Waals surface area contributed by atoms with Crippen molar-refractivity contribution in [3.8, 4) is 11.4 Å². The van der Waals surface area contributed by atoms with Gasteiger partial charge in [0.25, 0.3) is 0 Å². The first-order valence-corrected chi connectivity index (χ1v) is 13.0. The number of aromatic amines is 1. The van der Waals surface area contributed by atoms with Crippen LogP contribution < -0.4 is 0 Å². The predicted molar refractivity (Wildman–Crippen MR) is 124 cm³/mol. The lowest BCUT2D eigenvalue weighted by molar-refractivity contribution is -0.135. The predicted octanol–water partition coefficient (Wildman–Crippen LogP) is 2.24. The molecule has 2 aliphatic heterocycles. The summed E-state index contributed by atoms with van der Waals surface area (Å²) in [6, 6.07) is 7.39. The average Bonchev–Trinajstić information content (AvgIpc) is 3.37. The highest BCUT2D eigenvalue weighted by Crippen LogP contribution is 2.38. The standard InChI is InChI=1S/C23H27N7O3S/c1-2-16-14-29(15-18-13-26-28-27-18)23(31)21-6-3-5-20(16)30(21)34(32,33)19-9-7-17(8-10-19)22-24-11-4-12-25-22/h4,7-13,16,20-21H,2-3,5-6,14-15H2,1H3,(H,26,27,28)/t16-,20?,21?/m0/s1. The van der Waals surface area contributed by atoms with Crippen LogP contribution in [0.15, 0.2) is 53.8 Å². The van der Waals surface area contributed by atoms with Crippen molar-refractivity contribution in [2.45, 2.75) is 56.1 Å². The first-order chi connectivity index (χ1) is 16.5. The number of hydrogen-bond donors (Lipinski definition) is 1. The van der Waals surface area contributed by atoms with Crippen LogP contribution in [0.4, 0.5) is 0 Å². The van der Waals surface area contributed by atoms with Gasteiger partial charge in [-0.2, -0.15) is 4.31 Å². The van der Waals surface area contributed by atoms with Crippen LogP contribution in [0.2, 0.25) is 0 Å². The quantitative estimate of drug-likeness (QED) is 0.572. The fourth-order valence-corrected chi connectivity index (χ4v) is 7.01. The molecule has 11 heteroatoms. The lowest BCUT2D eigenvalue weighted by Gasteiger charge is -2.40. The van der Waals surface area contributed by atoms with Crippen molar-refractivity contribution >= 4 is 15.9 Å². The maximum Gasteiger partial charge on any atom is 0.244 e. The number of hydrogen-bond acceptors (Lipinski definition) is 7. The monoisotopic (exact) mass is 481 g/mol. The van der Waals surface area contributed by atoms with Gasteiger partial charge in [0.1, 0.15) is 6.04 Å². The largest absolute Gasteiger partial charge is 0.335 e. The summed E-state index contributed by atoms with van der Waals surface area (Å²) in [7, 11) is -3.89. The molecule has 4 heterocycles. The third-order valence-electron chi connectivity index (χ3n) is 6.81. The van der Waals surface area contributed by atoms with E-state index >= 15 is 0 Å². The Morgan fingerprint density at radius 1 is 1.12 bits per heavy atom. The molecule has 34 heavy (non-hydrogen) atoms. The minimum atomic E-state index is -3.89. The Morgan fingerprint density at radius 3 is 2.56 bits per heavy atom. The Balaban J connectivity index is 1.49. The number of benzene rings is 1. The molecule has 2 aromatic heterocycles. The molecule has 0 aliphatic carbocycles. The molecule has 0 spiro atoms. The van der Waals surface area contributed by atoms with Crippen LogP contribution in [-0.2, 0) is 21.4 Å². The van der Waals surface area contributed by atoms with E-state index in [1.54, 1.807) is 53.8 Å². The minimum absolute atomic E-state index is 0.0388. The normalized spacial score (nSPS) is 23.6. The van der Waals surface area contributed by atoms with Crippen molar-refractivity contribution in [1.29, 1.82) is 0 Å². The van der Waals surface area contributed by atoms with Crippen LogP contribution in [0.5, 0.6) is 0 Å². The third-order valence-corrected chi connectivity index (χ3v) is 8.76. The highest BCUT2D eigenvalue weighted by molar-refractivity contribution is 7.89. The zero-order valence-corrected chi connectivity index (χ0v) is 19.7. The van der Waals surface area contributed by atoms with Gasteiger partial charge in [0.2, 0.25) is 15.9 Å². The highest BCUT2D eigenvalue weighted by Gasteiger charge is 2.49. The van der Waals surface area contributed by atoms with E-state index in [2.05, 4.69) is 32.3 Å². The maximum absolute atomic E-state index is 13.9. The van der Waals surface area contributed by atoms with E-state index in [0.717, 1.165) is 30.5 Å². The molecule has 3 atom stereocenters. The second kappa shape index (κ2) is 9.22. The van der Waals surface area contributed by atoms with Gasteiger partial charge in [-0.15, -0.1) is 5.10 Å². The van der Waals surface area contributed by atoms with Crippen LogP contribution in [0.1, 0.15) is 38.3 Å². The van der Waals surface area contributed by atoms with Crippen molar-refractivity contribution in [2.24, 2.45) is 5.92 Å². The van der Waals surface area contributed by atoms with Gasteiger partial charge in [-0.05, 0) is 55.5 Å². The molecule has 178 valence electrons. The van der Waals surface area contributed by atoms with Gasteiger partial charge in [-0.1, -0.05) is 18.6 Å². The molecular formula is C23H27N7O3S. The lowest BCUT2D eigenvalue weighted by atomic mass is 9.89. The lowest BCUT2D eigenvalue weighted by Crippen LogP contribution is -2.54. The molecule has 1 N–H and O–H groups in total. The van der Waals surface area contributed by atoms with Crippen LogP contribution in [0.25, 0.3) is 11.4 Å². The second-order valence-electron chi connectivity index (χ2n) is 8.81. The number of piperidine rings is 1. The molecule has 1 aromatic carbocycles. The number of H-pyrrole nitrogens is 1. The molecule has 2 fully saturated rings. The van der Waals surface area contributed by atoms with Crippen LogP contribution >= 0.6 is 0 Å². The first kappa shape index (κ1) is 22.6. The smallest absolute Gasteiger partial charge is 0.244 e. The number of fused-ring (bicyclic) bond motifs is 2. The molecule has 1 amide bonds. The molecule has 2 bridgehead atoms. The van der Waals surface area contributed by atoms with Crippen molar-refractivity contribution < 1.29 is 13.2 Å². The first-order valence-electron chi connectivity index (χ1n) is 11.5. The summed E-state index contributed by atoms with van der Waals surface area (Å²) >= 11 is 0. The third kappa shape index (κ3) is 4.09. The van der Waals surface area contributed by atoms with E-state index in [0.29, 0.717) is 25.3 Å². The number of aromatic nitrogens is 5. The molecule has 0 radical (unpaired) electrons. The zero-order chi connectivity index (χ0) is 23.7. The van der Waals surface area contributed by atoms with Gasteiger partial charge in [-0.3, -0.25) is 9.89 Å². The number of nitrogens with one attached hydrogen (secondary N) is 1. The summed E-state index contributed by atoms with van der Waals surface area (Å²) < 4.78 is 29.4. The van der Waals surface area contributed by atoms with Crippen molar-refractivity contribution in [3.05, 3.63) is 54.6 Å². The van der Waals surface area contributed by atoms with Crippen molar-refractivity contribution in [2.75, 3.05) is 6.54 Å². The van der Waals surface area contributed by atoms with Crippen molar-refractivity contribution in [1.82, 2.24) is 34.6 Å². The molecular weight excluding hydrogens is 454 g/mol. The Morgan fingerprint density at radius 2 is 1.88 bits per heavy atom. The van der Waals surface area contributed by atoms with E-state index in [4.69, 9.17) is 0 Å². The van der Waals surface area contributed by atoms with E-state index in [1.807, 2.05) is 0 Å². The van der Waals surface area contributed by atoms with Gasteiger partial charge in [-0.25, -0.2) is 18.4 Å². The Kier molecular flexibility index (Phi) is 6.13. The van der Waals surface area contributed by atoms with E-state index in [1.165, 1.54) is 4.31 Å². The topological polar surface area (TPSA) is 125 Å². The van der Waals surface area contributed by atoms with Gasteiger partial charge >= 0.3 is 0 Å². The molecule has 2 saturated heterocycles. The van der Waals surface area contributed by atoms with E-state index in [9.17, 15) is 13.2 Å². The maximum atomic E-state index is 13.9. The molecule has 0 saturated carbocycles. The molecule has 10 nitrogen and oxygen atoms in total. The number of carbonyl (C=O) groups is 1. The van der Waals surface area contributed by atoms with E-state index in [-0.39, 0.29) is 22.8 Å². The number of amides is 1. The van der Waals surface area contributed by atoms with E-state index < -0.39 is 16.1 Å². The summed E-state index contributed by atoms with van der Waals surface area (Å²) in [5.41, 5.74) is 1.46. The summed E-state index contributed by atoms with van der Waals surface area (Å²) in [6.07, 6.45) is 7.75. The summed E-state index contributed by atoms with van der Waals surface area (Å²) in [4.78, 5) is 24.0. The van der Waals surface area contributed by atoms with Crippen LogP contribution in [-0.4, -0.2) is 67.5 Å². The molecule has 3 aromatic rings. The zero-order valence-electron chi connectivity index (χ0n) is 18.9. The molecule has 5 rings (SSSR count). The van der Waals surface area contributed by atoms with Gasteiger partial charge in [0, 0.05) is 30.5 Å². The highest BCUT2D eigenvalue weighted by atomic mass is 32.2. The fraction of sp³-hybridized carbons (Fsp3) is 0.435. The molecule has 2 aliphatic rings. The Bertz CT molecular complexity index is 1230. The Hall–Kier alpha value is -3.18. The minimum Gasteiger partial charge on any atom is -0.335 e.